The Hall–Kier alpha value is -2.18. The second-order valence-electron chi connectivity index (χ2n) is 7.99. The van der Waals surface area contributed by atoms with Gasteiger partial charge in [-0.2, -0.15) is 0 Å². The minimum atomic E-state index is -0.276. The fourth-order valence-electron chi connectivity index (χ4n) is 4.87. The van der Waals surface area contributed by atoms with Crippen LogP contribution < -0.4 is 0 Å². The average molecular weight is 398 g/mol. The fourth-order valence-corrected chi connectivity index (χ4v) is 5.62. The molecule has 0 radical (unpaired) electrons. The number of hydrogen-bond donors (Lipinski definition) is 1. The Balaban J connectivity index is 1.32. The molecule has 1 amide bonds. The molecule has 2 aliphatic rings. The molecule has 4 nitrogen and oxygen atoms in total. The highest BCUT2D eigenvalue weighted by Gasteiger charge is 2.38. The number of aromatic nitrogens is 1. The van der Waals surface area contributed by atoms with Gasteiger partial charge in [0, 0.05) is 48.0 Å². The predicted octanol–water partition coefficient (Wildman–Crippen LogP) is 4.50. The van der Waals surface area contributed by atoms with Gasteiger partial charge in [-0.15, -0.1) is 11.3 Å². The smallest absolute Gasteiger partial charge is 0.270 e. The van der Waals surface area contributed by atoms with Crippen molar-refractivity contribution in [2.45, 2.75) is 31.8 Å². The largest absolute Gasteiger partial charge is 0.351 e. The highest BCUT2D eigenvalue weighted by atomic mass is 32.1. The van der Waals surface area contributed by atoms with E-state index in [1.165, 1.54) is 23.4 Å². The summed E-state index contributed by atoms with van der Waals surface area (Å²) in [4.78, 5) is 22.4. The van der Waals surface area contributed by atoms with Gasteiger partial charge in [0.2, 0.25) is 0 Å². The van der Waals surface area contributed by atoms with Crippen LogP contribution in [0.3, 0.4) is 0 Å². The quantitative estimate of drug-likeness (QED) is 0.707. The van der Waals surface area contributed by atoms with Crippen molar-refractivity contribution in [2.75, 3.05) is 19.6 Å². The number of aromatic amines is 1. The standard InChI is InChI=1S/C22H24FN3OS/c23-17-5-6-19-16(11-17)12-20(24-19)22(27)26-8-1-3-15-13-25(9-7-21(15)26)14-18-4-2-10-28-18/h2,4-6,10-12,15,21,24H,1,3,7-9,13-14H2/t15-,21-/m1/s1. The number of halogens is 1. The summed E-state index contributed by atoms with van der Waals surface area (Å²) in [5, 5.41) is 2.89. The molecule has 2 aromatic heterocycles. The Morgan fingerprint density at radius 2 is 2.14 bits per heavy atom. The van der Waals surface area contributed by atoms with E-state index in [1.807, 2.05) is 11.3 Å². The number of nitrogens with zero attached hydrogens (tertiary/aromatic N) is 2. The number of amides is 1. The molecule has 4 heterocycles. The number of thiophene rings is 1. The molecule has 0 unspecified atom stereocenters. The zero-order chi connectivity index (χ0) is 19.1. The molecule has 0 bridgehead atoms. The maximum Gasteiger partial charge on any atom is 0.270 e. The zero-order valence-corrected chi connectivity index (χ0v) is 16.6. The van der Waals surface area contributed by atoms with Crippen LogP contribution in [0, 0.1) is 11.7 Å². The number of benzene rings is 1. The fraction of sp³-hybridized carbons (Fsp3) is 0.409. The van der Waals surface area contributed by atoms with Crippen molar-refractivity contribution in [2.24, 2.45) is 5.92 Å². The third-order valence-corrected chi connectivity index (χ3v) is 7.05. The van der Waals surface area contributed by atoms with Crippen LogP contribution in [0.1, 0.15) is 34.6 Å². The summed E-state index contributed by atoms with van der Waals surface area (Å²) in [6.07, 6.45) is 3.26. The van der Waals surface area contributed by atoms with Gasteiger partial charge in [0.05, 0.1) is 0 Å². The van der Waals surface area contributed by atoms with Crippen LogP contribution in [0.2, 0.25) is 0 Å². The summed E-state index contributed by atoms with van der Waals surface area (Å²) >= 11 is 1.81. The van der Waals surface area contributed by atoms with Gasteiger partial charge in [0.15, 0.2) is 0 Å². The van der Waals surface area contributed by atoms with Crippen LogP contribution in [-0.4, -0.2) is 46.4 Å². The number of carbonyl (C=O) groups is 1. The van der Waals surface area contributed by atoms with E-state index in [9.17, 15) is 9.18 Å². The van der Waals surface area contributed by atoms with Gasteiger partial charge in [-0.1, -0.05) is 6.07 Å². The van der Waals surface area contributed by atoms with Crippen molar-refractivity contribution in [1.29, 1.82) is 0 Å². The number of fused-ring (bicyclic) bond motifs is 2. The molecule has 0 aliphatic carbocycles. The van der Waals surface area contributed by atoms with Crippen molar-refractivity contribution in [3.05, 3.63) is 58.2 Å². The summed E-state index contributed by atoms with van der Waals surface area (Å²) in [5.41, 5.74) is 1.38. The van der Waals surface area contributed by atoms with Crippen LogP contribution in [0.5, 0.6) is 0 Å². The highest BCUT2D eigenvalue weighted by Crippen LogP contribution is 2.33. The van der Waals surface area contributed by atoms with Crippen molar-refractivity contribution in [3.63, 3.8) is 0 Å². The maximum atomic E-state index is 13.5. The summed E-state index contributed by atoms with van der Waals surface area (Å²) in [6.45, 7) is 3.92. The second kappa shape index (κ2) is 7.33. The number of nitrogens with one attached hydrogen (secondary N) is 1. The molecule has 0 spiro atoms. The molecule has 0 saturated carbocycles. The van der Waals surface area contributed by atoms with Gasteiger partial charge in [-0.25, -0.2) is 4.39 Å². The molecule has 146 valence electrons. The second-order valence-corrected chi connectivity index (χ2v) is 9.02. The lowest BCUT2D eigenvalue weighted by Crippen LogP contribution is -2.55. The number of rotatable bonds is 3. The van der Waals surface area contributed by atoms with E-state index in [0.717, 1.165) is 49.9 Å². The van der Waals surface area contributed by atoms with Gasteiger partial charge in [0.25, 0.3) is 5.91 Å². The average Bonchev–Trinajstić information content (AvgIpc) is 3.36. The van der Waals surface area contributed by atoms with Gasteiger partial charge >= 0.3 is 0 Å². The minimum Gasteiger partial charge on any atom is -0.351 e. The highest BCUT2D eigenvalue weighted by molar-refractivity contribution is 7.09. The molecule has 2 atom stereocenters. The zero-order valence-electron chi connectivity index (χ0n) is 15.7. The van der Waals surface area contributed by atoms with E-state index >= 15 is 0 Å². The lowest BCUT2D eigenvalue weighted by molar-refractivity contribution is 0.0183. The molecule has 5 rings (SSSR count). The first-order valence-electron chi connectivity index (χ1n) is 10.0. The number of H-pyrrole nitrogens is 1. The predicted molar refractivity (Wildman–Crippen MR) is 110 cm³/mol. The molecule has 2 saturated heterocycles. The summed E-state index contributed by atoms with van der Waals surface area (Å²) < 4.78 is 13.5. The molecule has 6 heteroatoms. The van der Waals surface area contributed by atoms with E-state index < -0.39 is 0 Å². The van der Waals surface area contributed by atoms with Crippen LogP contribution in [0.15, 0.2) is 41.8 Å². The van der Waals surface area contributed by atoms with Gasteiger partial charge < -0.3 is 9.88 Å². The van der Waals surface area contributed by atoms with E-state index in [2.05, 4.69) is 32.3 Å². The number of hydrogen-bond acceptors (Lipinski definition) is 3. The number of piperidine rings is 2. The van der Waals surface area contributed by atoms with Crippen LogP contribution >= 0.6 is 11.3 Å². The van der Waals surface area contributed by atoms with E-state index in [1.54, 1.807) is 12.1 Å². The van der Waals surface area contributed by atoms with Crippen molar-refractivity contribution in [1.82, 2.24) is 14.8 Å². The number of likely N-dealkylation sites (tertiary alicyclic amines) is 2. The maximum absolute atomic E-state index is 13.5. The van der Waals surface area contributed by atoms with E-state index in [4.69, 9.17) is 0 Å². The van der Waals surface area contributed by atoms with Crippen molar-refractivity contribution < 1.29 is 9.18 Å². The SMILES string of the molecule is O=C(c1cc2cc(F)ccc2[nH]1)N1CCC[C@@H]2CN(Cc3cccs3)CC[C@H]21. The molecule has 1 aromatic carbocycles. The summed E-state index contributed by atoms with van der Waals surface area (Å²) in [7, 11) is 0. The molecule has 3 aromatic rings. The molecule has 2 fully saturated rings. The summed E-state index contributed by atoms with van der Waals surface area (Å²) in [5.74, 6) is 0.313. The minimum absolute atomic E-state index is 0.0537. The Kier molecular flexibility index (Phi) is 4.69. The Morgan fingerprint density at radius 3 is 3.00 bits per heavy atom. The molecule has 1 N–H and O–H groups in total. The van der Waals surface area contributed by atoms with Gasteiger partial charge in [-0.3, -0.25) is 9.69 Å². The summed E-state index contributed by atoms with van der Waals surface area (Å²) in [6, 6.07) is 11.0. The molecule has 28 heavy (non-hydrogen) atoms. The van der Waals surface area contributed by atoms with Crippen LogP contribution in [0.4, 0.5) is 4.39 Å². The third kappa shape index (κ3) is 3.35. The first-order valence-corrected chi connectivity index (χ1v) is 10.9. The van der Waals surface area contributed by atoms with E-state index in [0.29, 0.717) is 17.7 Å². The molecular weight excluding hydrogens is 373 g/mol. The normalized spacial score (nSPS) is 23.1. The van der Waals surface area contributed by atoms with Crippen molar-refractivity contribution >= 4 is 28.1 Å². The van der Waals surface area contributed by atoms with Crippen molar-refractivity contribution in [3.8, 4) is 0 Å². The topological polar surface area (TPSA) is 39.3 Å². The monoisotopic (exact) mass is 397 g/mol. The lowest BCUT2D eigenvalue weighted by atomic mass is 9.83. The van der Waals surface area contributed by atoms with Crippen LogP contribution in [-0.2, 0) is 6.54 Å². The number of carbonyl (C=O) groups excluding carboxylic acids is 1. The van der Waals surface area contributed by atoms with Gasteiger partial charge in [0.1, 0.15) is 11.5 Å². The lowest BCUT2D eigenvalue weighted by Gasteiger charge is -2.47. The molecular formula is C22H24FN3OS. The first-order chi connectivity index (χ1) is 13.7. The first kappa shape index (κ1) is 17.9. The third-order valence-electron chi connectivity index (χ3n) is 6.19. The Bertz CT molecular complexity index is 983. The Labute approximate surface area is 168 Å². The van der Waals surface area contributed by atoms with Crippen LogP contribution in [0.25, 0.3) is 10.9 Å². The van der Waals surface area contributed by atoms with E-state index in [-0.39, 0.29) is 11.7 Å². The molecule has 2 aliphatic heterocycles. The van der Waals surface area contributed by atoms with Gasteiger partial charge in [-0.05, 0) is 60.9 Å². The Morgan fingerprint density at radius 1 is 1.21 bits per heavy atom.